The summed E-state index contributed by atoms with van der Waals surface area (Å²) in [5, 5.41) is 3.04. The number of hydrogen-bond donors (Lipinski definition) is 1. The molecule has 1 saturated heterocycles. The van der Waals surface area contributed by atoms with E-state index in [1.807, 2.05) is 54.2 Å². The van der Waals surface area contributed by atoms with Gasteiger partial charge in [-0.1, -0.05) is 12.1 Å². The summed E-state index contributed by atoms with van der Waals surface area (Å²) >= 11 is 0. The third-order valence-electron chi connectivity index (χ3n) is 4.93. The van der Waals surface area contributed by atoms with Crippen molar-refractivity contribution in [2.24, 2.45) is 0 Å². The second-order valence-electron chi connectivity index (χ2n) is 6.83. The van der Waals surface area contributed by atoms with E-state index >= 15 is 0 Å². The van der Waals surface area contributed by atoms with Crippen molar-refractivity contribution >= 4 is 11.7 Å². The quantitative estimate of drug-likeness (QED) is 0.844. The first-order chi connectivity index (χ1) is 13.1. The van der Waals surface area contributed by atoms with E-state index in [1.165, 1.54) is 0 Å². The predicted octanol–water partition coefficient (Wildman–Crippen LogP) is 2.42. The van der Waals surface area contributed by atoms with Gasteiger partial charge in [-0.15, -0.1) is 0 Å². The Balaban J connectivity index is 1.52. The first kappa shape index (κ1) is 19.1. The largest absolute Gasteiger partial charge is 0.495 e. The molecule has 1 unspecified atom stereocenters. The van der Waals surface area contributed by atoms with Crippen LogP contribution < -0.4 is 15.0 Å². The molecular formula is C20H28N4O3. The highest BCUT2D eigenvalue weighted by atomic mass is 16.5. The Morgan fingerprint density at radius 1 is 1.19 bits per heavy atom. The number of para-hydroxylation sites is 2. The Labute approximate surface area is 160 Å². The normalized spacial score (nSPS) is 15.7. The summed E-state index contributed by atoms with van der Waals surface area (Å²) in [6, 6.07) is 11.8. The summed E-state index contributed by atoms with van der Waals surface area (Å²) in [5.41, 5.74) is 1.07. The third-order valence-corrected chi connectivity index (χ3v) is 4.93. The maximum Gasteiger partial charge on any atom is 0.317 e. The smallest absolute Gasteiger partial charge is 0.317 e. The van der Waals surface area contributed by atoms with Crippen LogP contribution in [0.4, 0.5) is 10.5 Å². The number of hydrogen-bond acceptors (Lipinski definition) is 5. The predicted molar refractivity (Wildman–Crippen MR) is 105 cm³/mol. The van der Waals surface area contributed by atoms with E-state index in [-0.39, 0.29) is 12.1 Å². The minimum atomic E-state index is -0.0342. The topological polar surface area (TPSA) is 61.2 Å². The van der Waals surface area contributed by atoms with Crippen molar-refractivity contribution in [1.82, 2.24) is 15.1 Å². The molecule has 1 N–H and O–H groups in total. The zero-order valence-corrected chi connectivity index (χ0v) is 16.2. The van der Waals surface area contributed by atoms with Gasteiger partial charge in [-0.25, -0.2) is 4.79 Å². The van der Waals surface area contributed by atoms with Crippen LogP contribution in [0.5, 0.6) is 5.75 Å². The lowest BCUT2D eigenvalue weighted by Gasteiger charge is -2.36. The Hall–Kier alpha value is -2.67. The Kier molecular flexibility index (Phi) is 6.24. The van der Waals surface area contributed by atoms with Crippen LogP contribution in [-0.2, 0) is 0 Å². The average Bonchev–Trinajstić information content (AvgIpc) is 3.22. The lowest BCUT2D eigenvalue weighted by atomic mass is 10.2. The summed E-state index contributed by atoms with van der Waals surface area (Å²) in [6.45, 7) is 3.42. The van der Waals surface area contributed by atoms with Crippen LogP contribution in [0, 0.1) is 0 Å². The van der Waals surface area contributed by atoms with Gasteiger partial charge in [-0.05, 0) is 38.4 Å². The first-order valence-electron chi connectivity index (χ1n) is 9.20. The SMILES string of the molecule is COc1ccccc1N1CCN(C(=O)NCC(c2ccco2)N(C)C)CC1. The Morgan fingerprint density at radius 2 is 1.93 bits per heavy atom. The summed E-state index contributed by atoms with van der Waals surface area (Å²) in [5.74, 6) is 1.71. The molecule has 1 aromatic heterocycles. The molecule has 7 nitrogen and oxygen atoms in total. The van der Waals surface area contributed by atoms with Crippen LogP contribution in [0.1, 0.15) is 11.8 Å². The van der Waals surface area contributed by atoms with E-state index in [2.05, 4.69) is 16.3 Å². The number of carbonyl (C=O) groups excluding carboxylic acids is 1. The number of carbonyl (C=O) groups is 1. The van der Waals surface area contributed by atoms with Crippen molar-refractivity contribution in [3.63, 3.8) is 0 Å². The monoisotopic (exact) mass is 372 g/mol. The molecule has 3 rings (SSSR count). The molecule has 146 valence electrons. The van der Waals surface area contributed by atoms with Gasteiger partial charge in [0.1, 0.15) is 11.5 Å². The van der Waals surface area contributed by atoms with E-state index in [0.29, 0.717) is 19.6 Å². The fourth-order valence-electron chi connectivity index (χ4n) is 3.36. The number of anilines is 1. The maximum atomic E-state index is 12.6. The molecule has 1 aliphatic rings. The van der Waals surface area contributed by atoms with Crippen LogP contribution in [-0.4, -0.2) is 69.8 Å². The molecule has 1 fully saturated rings. The van der Waals surface area contributed by atoms with Crippen molar-refractivity contribution in [1.29, 1.82) is 0 Å². The number of benzene rings is 1. The van der Waals surface area contributed by atoms with Crippen molar-refractivity contribution in [3.8, 4) is 5.75 Å². The van der Waals surface area contributed by atoms with Gasteiger partial charge >= 0.3 is 6.03 Å². The van der Waals surface area contributed by atoms with E-state index < -0.39 is 0 Å². The molecule has 0 radical (unpaired) electrons. The zero-order chi connectivity index (χ0) is 19.2. The van der Waals surface area contributed by atoms with E-state index in [9.17, 15) is 4.79 Å². The van der Waals surface area contributed by atoms with Crippen molar-refractivity contribution in [2.45, 2.75) is 6.04 Å². The molecule has 7 heteroatoms. The van der Waals surface area contributed by atoms with E-state index in [0.717, 1.165) is 30.3 Å². The van der Waals surface area contributed by atoms with Crippen LogP contribution in [0.2, 0.25) is 0 Å². The molecule has 1 atom stereocenters. The number of nitrogens with one attached hydrogen (secondary N) is 1. The summed E-state index contributed by atoms with van der Waals surface area (Å²) in [6.07, 6.45) is 1.66. The minimum absolute atomic E-state index is 0.0128. The van der Waals surface area contributed by atoms with Gasteiger partial charge in [0.15, 0.2) is 0 Å². The van der Waals surface area contributed by atoms with Crippen molar-refractivity contribution < 1.29 is 13.9 Å². The molecule has 2 amide bonds. The van der Waals surface area contributed by atoms with Gasteiger partial charge in [0.05, 0.1) is 25.1 Å². The Morgan fingerprint density at radius 3 is 2.56 bits per heavy atom. The third kappa shape index (κ3) is 4.54. The lowest BCUT2D eigenvalue weighted by molar-refractivity contribution is 0.186. The number of nitrogens with zero attached hydrogens (tertiary/aromatic N) is 3. The number of furan rings is 1. The molecule has 0 bridgehead atoms. The highest BCUT2D eigenvalue weighted by molar-refractivity contribution is 5.74. The number of urea groups is 1. The highest BCUT2D eigenvalue weighted by Crippen LogP contribution is 2.28. The lowest BCUT2D eigenvalue weighted by Crippen LogP contribution is -2.52. The van der Waals surface area contributed by atoms with Gasteiger partial charge in [0, 0.05) is 32.7 Å². The van der Waals surface area contributed by atoms with Gasteiger partial charge in [0.2, 0.25) is 0 Å². The summed E-state index contributed by atoms with van der Waals surface area (Å²) < 4.78 is 10.9. The van der Waals surface area contributed by atoms with Crippen LogP contribution in [0.25, 0.3) is 0 Å². The highest BCUT2D eigenvalue weighted by Gasteiger charge is 2.24. The molecule has 0 aliphatic carbocycles. The molecule has 1 aliphatic heterocycles. The second-order valence-corrected chi connectivity index (χ2v) is 6.83. The summed E-state index contributed by atoms with van der Waals surface area (Å²) in [7, 11) is 5.64. The molecule has 2 heterocycles. The minimum Gasteiger partial charge on any atom is -0.495 e. The zero-order valence-electron chi connectivity index (χ0n) is 16.2. The fraction of sp³-hybridized carbons (Fsp3) is 0.450. The maximum absolute atomic E-state index is 12.6. The summed E-state index contributed by atoms with van der Waals surface area (Å²) in [4.78, 5) is 18.7. The molecule has 2 aromatic rings. The van der Waals surface area contributed by atoms with Gasteiger partial charge < -0.3 is 24.3 Å². The van der Waals surface area contributed by atoms with Crippen LogP contribution >= 0.6 is 0 Å². The molecule has 27 heavy (non-hydrogen) atoms. The molecule has 0 spiro atoms. The van der Waals surface area contributed by atoms with Crippen molar-refractivity contribution in [2.75, 3.05) is 58.8 Å². The first-order valence-corrected chi connectivity index (χ1v) is 9.20. The standard InChI is InChI=1S/C20H28N4O3/c1-22(2)17(19-9-6-14-27-19)15-21-20(25)24-12-10-23(11-13-24)16-7-4-5-8-18(16)26-3/h4-9,14,17H,10-13,15H2,1-3H3,(H,21,25). The Bertz CT molecular complexity index is 725. The average molecular weight is 372 g/mol. The number of amides is 2. The number of rotatable bonds is 6. The van der Waals surface area contributed by atoms with Crippen LogP contribution in [0.3, 0.4) is 0 Å². The van der Waals surface area contributed by atoms with Crippen molar-refractivity contribution in [3.05, 3.63) is 48.4 Å². The number of piperazine rings is 1. The van der Waals surface area contributed by atoms with Gasteiger partial charge in [-0.2, -0.15) is 0 Å². The molecule has 0 saturated carbocycles. The number of methoxy groups -OCH3 is 1. The molecule has 1 aromatic carbocycles. The number of ether oxygens (including phenoxy) is 1. The van der Waals surface area contributed by atoms with Crippen LogP contribution in [0.15, 0.2) is 47.1 Å². The van der Waals surface area contributed by atoms with Gasteiger partial charge in [0.25, 0.3) is 0 Å². The van der Waals surface area contributed by atoms with E-state index in [1.54, 1.807) is 13.4 Å². The second kappa shape index (κ2) is 8.81. The number of likely N-dealkylation sites (N-methyl/N-ethyl adjacent to an activating group) is 1. The van der Waals surface area contributed by atoms with E-state index in [4.69, 9.17) is 9.15 Å². The molecular weight excluding hydrogens is 344 g/mol. The van der Waals surface area contributed by atoms with Gasteiger partial charge in [-0.3, -0.25) is 4.90 Å². The fourth-order valence-corrected chi connectivity index (χ4v) is 3.36.